The first-order valence-corrected chi connectivity index (χ1v) is 4.80. The van der Waals surface area contributed by atoms with E-state index in [1.54, 1.807) is 11.8 Å². The SMILES string of the molecule is CCSC1OCCCC1O. The van der Waals surface area contributed by atoms with Gasteiger partial charge in [-0.05, 0) is 18.6 Å². The van der Waals surface area contributed by atoms with Crippen LogP contribution in [0.3, 0.4) is 0 Å². The maximum absolute atomic E-state index is 9.35. The van der Waals surface area contributed by atoms with Gasteiger partial charge in [0, 0.05) is 6.61 Å². The lowest BCUT2D eigenvalue weighted by atomic mass is 10.2. The zero-order chi connectivity index (χ0) is 7.40. The zero-order valence-corrected chi connectivity index (χ0v) is 7.06. The van der Waals surface area contributed by atoms with Gasteiger partial charge in [0.1, 0.15) is 5.44 Å². The monoisotopic (exact) mass is 162 g/mol. The van der Waals surface area contributed by atoms with E-state index in [0.717, 1.165) is 25.2 Å². The Balaban J connectivity index is 2.25. The molecule has 0 saturated carbocycles. The molecule has 2 unspecified atom stereocenters. The molecule has 0 aliphatic carbocycles. The molecule has 2 atom stereocenters. The topological polar surface area (TPSA) is 29.5 Å². The Morgan fingerprint density at radius 3 is 3.10 bits per heavy atom. The predicted molar refractivity (Wildman–Crippen MR) is 43.1 cm³/mol. The molecular weight excluding hydrogens is 148 g/mol. The van der Waals surface area contributed by atoms with Gasteiger partial charge >= 0.3 is 0 Å². The molecular formula is C7H14O2S. The summed E-state index contributed by atoms with van der Waals surface area (Å²) in [7, 11) is 0. The molecule has 1 saturated heterocycles. The smallest absolute Gasteiger partial charge is 0.129 e. The fourth-order valence-electron chi connectivity index (χ4n) is 1.06. The molecule has 3 heteroatoms. The van der Waals surface area contributed by atoms with E-state index in [-0.39, 0.29) is 11.5 Å². The average molecular weight is 162 g/mol. The molecule has 10 heavy (non-hydrogen) atoms. The highest BCUT2D eigenvalue weighted by Crippen LogP contribution is 2.23. The number of thioether (sulfide) groups is 1. The van der Waals surface area contributed by atoms with Crippen LogP contribution in [0.25, 0.3) is 0 Å². The maximum atomic E-state index is 9.35. The Morgan fingerprint density at radius 2 is 2.50 bits per heavy atom. The van der Waals surface area contributed by atoms with Crippen LogP contribution in [0.15, 0.2) is 0 Å². The van der Waals surface area contributed by atoms with Crippen LogP contribution in [0.4, 0.5) is 0 Å². The molecule has 0 aromatic rings. The van der Waals surface area contributed by atoms with Crippen molar-refractivity contribution < 1.29 is 9.84 Å². The minimum Gasteiger partial charge on any atom is -0.390 e. The number of hydrogen-bond acceptors (Lipinski definition) is 3. The van der Waals surface area contributed by atoms with Gasteiger partial charge in [-0.3, -0.25) is 0 Å². The molecule has 1 aliphatic rings. The first kappa shape index (κ1) is 8.37. The Kier molecular flexibility index (Phi) is 3.52. The van der Waals surface area contributed by atoms with Crippen molar-refractivity contribution in [3.8, 4) is 0 Å². The lowest BCUT2D eigenvalue weighted by Gasteiger charge is -2.26. The Morgan fingerprint density at radius 1 is 1.70 bits per heavy atom. The molecule has 60 valence electrons. The highest BCUT2D eigenvalue weighted by Gasteiger charge is 2.22. The summed E-state index contributed by atoms with van der Waals surface area (Å²) in [6.45, 7) is 2.89. The van der Waals surface area contributed by atoms with Crippen molar-refractivity contribution in [2.75, 3.05) is 12.4 Å². The second kappa shape index (κ2) is 4.21. The van der Waals surface area contributed by atoms with E-state index in [4.69, 9.17) is 4.74 Å². The third-order valence-electron chi connectivity index (χ3n) is 1.57. The quantitative estimate of drug-likeness (QED) is 0.662. The summed E-state index contributed by atoms with van der Waals surface area (Å²) in [5.74, 6) is 1.02. The fourth-order valence-corrected chi connectivity index (χ4v) is 1.94. The average Bonchev–Trinajstić information content (AvgIpc) is 1.94. The highest BCUT2D eigenvalue weighted by atomic mass is 32.2. The molecule has 0 spiro atoms. The van der Waals surface area contributed by atoms with Gasteiger partial charge in [0.15, 0.2) is 0 Å². The minimum absolute atomic E-state index is 0.0405. The molecule has 0 bridgehead atoms. The third-order valence-corrected chi connectivity index (χ3v) is 2.68. The molecule has 1 fully saturated rings. The molecule has 1 heterocycles. The van der Waals surface area contributed by atoms with Crippen molar-refractivity contribution in [2.24, 2.45) is 0 Å². The van der Waals surface area contributed by atoms with Crippen molar-refractivity contribution in [3.63, 3.8) is 0 Å². The van der Waals surface area contributed by atoms with E-state index in [1.165, 1.54) is 0 Å². The Bertz CT molecular complexity index is 95.6. The number of rotatable bonds is 2. The summed E-state index contributed by atoms with van der Waals surface area (Å²) in [5.41, 5.74) is 0.0405. The van der Waals surface area contributed by atoms with E-state index in [9.17, 15) is 5.11 Å². The van der Waals surface area contributed by atoms with Crippen LogP contribution in [0.5, 0.6) is 0 Å². The van der Waals surface area contributed by atoms with Crippen molar-refractivity contribution in [1.82, 2.24) is 0 Å². The first-order valence-electron chi connectivity index (χ1n) is 3.76. The molecule has 1 N–H and O–H groups in total. The molecule has 0 aromatic heterocycles. The fraction of sp³-hybridized carbons (Fsp3) is 1.00. The van der Waals surface area contributed by atoms with Crippen LogP contribution < -0.4 is 0 Å². The van der Waals surface area contributed by atoms with Gasteiger partial charge in [0.05, 0.1) is 6.10 Å². The largest absolute Gasteiger partial charge is 0.390 e. The first-order chi connectivity index (χ1) is 4.84. The van der Waals surface area contributed by atoms with E-state index in [2.05, 4.69) is 6.92 Å². The lowest BCUT2D eigenvalue weighted by Crippen LogP contribution is -2.31. The molecule has 2 nitrogen and oxygen atoms in total. The van der Waals surface area contributed by atoms with E-state index >= 15 is 0 Å². The van der Waals surface area contributed by atoms with Gasteiger partial charge in [-0.25, -0.2) is 0 Å². The van der Waals surface area contributed by atoms with Gasteiger partial charge in [-0.2, -0.15) is 0 Å². The lowest BCUT2D eigenvalue weighted by molar-refractivity contribution is -0.0261. The predicted octanol–water partition coefficient (Wildman–Crippen LogP) is 1.24. The molecule has 1 rings (SSSR count). The van der Waals surface area contributed by atoms with E-state index in [1.807, 2.05) is 0 Å². The van der Waals surface area contributed by atoms with E-state index in [0.29, 0.717) is 0 Å². The molecule has 0 aromatic carbocycles. The summed E-state index contributed by atoms with van der Waals surface area (Å²) < 4.78 is 5.34. The number of ether oxygens (including phenoxy) is 1. The van der Waals surface area contributed by atoms with Gasteiger partial charge in [-0.1, -0.05) is 6.92 Å². The van der Waals surface area contributed by atoms with Crippen molar-refractivity contribution in [3.05, 3.63) is 0 Å². The second-order valence-corrected chi connectivity index (χ2v) is 3.78. The summed E-state index contributed by atoms with van der Waals surface area (Å²) in [6.07, 6.45) is 1.67. The van der Waals surface area contributed by atoms with Gasteiger partial charge in [0.25, 0.3) is 0 Å². The van der Waals surface area contributed by atoms with Crippen molar-refractivity contribution in [2.45, 2.75) is 31.3 Å². The molecule has 0 radical (unpaired) electrons. The number of aliphatic hydroxyl groups excluding tert-OH is 1. The van der Waals surface area contributed by atoms with Crippen LogP contribution in [-0.4, -0.2) is 29.0 Å². The Labute approximate surface area is 66.0 Å². The number of aliphatic hydroxyl groups is 1. The van der Waals surface area contributed by atoms with Gasteiger partial charge in [0.2, 0.25) is 0 Å². The summed E-state index contributed by atoms with van der Waals surface area (Å²) in [5, 5.41) is 9.35. The van der Waals surface area contributed by atoms with Crippen LogP contribution in [0.1, 0.15) is 19.8 Å². The van der Waals surface area contributed by atoms with E-state index < -0.39 is 0 Å². The summed E-state index contributed by atoms with van der Waals surface area (Å²) >= 11 is 1.69. The molecule has 0 amide bonds. The van der Waals surface area contributed by atoms with Crippen LogP contribution in [-0.2, 0) is 4.74 Å². The van der Waals surface area contributed by atoms with Crippen molar-refractivity contribution >= 4 is 11.8 Å². The summed E-state index contributed by atoms with van der Waals surface area (Å²) in [4.78, 5) is 0. The highest BCUT2D eigenvalue weighted by molar-refractivity contribution is 7.99. The van der Waals surface area contributed by atoms with Crippen LogP contribution in [0.2, 0.25) is 0 Å². The Hall–Kier alpha value is 0.270. The zero-order valence-electron chi connectivity index (χ0n) is 6.25. The molecule has 1 aliphatic heterocycles. The maximum Gasteiger partial charge on any atom is 0.129 e. The normalized spacial score (nSPS) is 34.2. The van der Waals surface area contributed by atoms with Crippen LogP contribution >= 0.6 is 11.8 Å². The van der Waals surface area contributed by atoms with Gasteiger partial charge in [-0.15, -0.1) is 11.8 Å². The number of hydrogen-bond donors (Lipinski definition) is 1. The third kappa shape index (κ3) is 2.15. The van der Waals surface area contributed by atoms with Gasteiger partial charge < -0.3 is 9.84 Å². The summed E-state index contributed by atoms with van der Waals surface area (Å²) in [6, 6.07) is 0. The standard InChI is InChI=1S/C7H14O2S/c1-2-10-7-6(8)4-3-5-9-7/h6-8H,2-5H2,1H3. The minimum atomic E-state index is -0.237. The van der Waals surface area contributed by atoms with Crippen LogP contribution in [0, 0.1) is 0 Å². The van der Waals surface area contributed by atoms with Crippen molar-refractivity contribution in [1.29, 1.82) is 0 Å². The second-order valence-electron chi connectivity index (χ2n) is 2.40.